The summed E-state index contributed by atoms with van der Waals surface area (Å²) in [6.07, 6.45) is 3.23. The molecule has 13 heavy (non-hydrogen) atoms. The summed E-state index contributed by atoms with van der Waals surface area (Å²) in [5, 5.41) is 3.55. The third-order valence-electron chi connectivity index (χ3n) is 1.47. The molecule has 0 saturated heterocycles. The van der Waals surface area contributed by atoms with Crippen molar-refractivity contribution >= 4 is 11.4 Å². The van der Waals surface area contributed by atoms with E-state index in [9.17, 15) is 4.79 Å². The Balaban J connectivity index is 3.01. The molecule has 70 valence electrons. The number of Topliss-reactive ketones (excluding diaryl/α,β-unsaturated/α-hetero) is 1. The van der Waals surface area contributed by atoms with E-state index in [0.29, 0.717) is 11.3 Å². The molecule has 0 saturated carbocycles. The first kappa shape index (κ1) is 9.51. The van der Waals surface area contributed by atoms with Crippen LogP contribution in [-0.4, -0.2) is 29.9 Å². The van der Waals surface area contributed by atoms with E-state index in [-0.39, 0.29) is 5.78 Å². The standard InChI is InChI=1S/C9H12N2O2/c1-7(12)8(6-11(2)3)9-4-5-10-13-9/h4-6H,1-3H3/b8-6+. The number of hydrogen-bond donors (Lipinski definition) is 0. The van der Waals surface area contributed by atoms with Gasteiger partial charge >= 0.3 is 0 Å². The third-order valence-corrected chi connectivity index (χ3v) is 1.47. The first-order valence-electron chi connectivity index (χ1n) is 3.91. The molecule has 0 aromatic carbocycles. The van der Waals surface area contributed by atoms with E-state index in [0.717, 1.165) is 0 Å². The van der Waals surface area contributed by atoms with Gasteiger partial charge in [0.2, 0.25) is 0 Å². The van der Waals surface area contributed by atoms with Gasteiger partial charge in [-0.25, -0.2) is 0 Å². The van der Waals surface area contributed by atoms with Crippen LogP contribution in [0.2, 0.25) is 0 Å². The zero-order chi connectivity index (χ0) is 9.84. The van der Waals surface area contributed by atoms with Crippen molar-refractivity contribution in [1.29, 1.82) is 0 Å². The smallest absolute Gasteiger partial charge is 0.171 e. The van der Waals surface area contributed by atoms with Crippen molar-refractivity contribution < 1.29 is 9.32 Å². The summed E-state index contributed by atoms with van der Waals surface area (Å²) >= 11 is 0. The molecule has 1 rings (SSSR count). The molecule has 0 spiro atoms. The molecule has 0 aliphatic carbocycles. The van der Waals surface area contributed by atoms with Gasteiger partial charge in [0.05, 0.1) is 11.8 Å². The molecule has 1 aromatic heterocycles. The van der Waals surface area contributed by atoms with E-state index in [1.807, 2.05) is 14.1 Å². The van der Waals surface area contributed by atoms with E-state index < -0.39 is 0 Å². The summed E-state index contributed by atoms with van der Waals surface area (Å²) in [4.78, 5) is 13.0. The Labute approximate surface area is 76.8 Å². The first-order valence-corrected chi connectivity index (χ1v) is 3.91. The Bertz CT molecular complexity index is 312. The number of nitrogens with zero attached hydrogens (tertiary/aromatic N) is 2. The number of allylic oxidation sites excluding steroid dienone is 1. The molecule has 0 radical (unpaired) electrons. The predicted molar refractivity (Wildman–Crippen MR) is 48.8 cm³/mol. The van der Waals surface area contributed by atoms with Crippen molar-refractivity contribution in [3.63, 3.8) is 0 Å². The summed E-state index contributed by atoms with van der Waals surface area (Å²) < 4.78 is 4.89. The number of carbonyl (C=O) groups excluding carboxylic acids is 1. The quantitative estimate of drug-likeness (QED) is 0.655. The molecule has 4 nitrogen and oxygen atoms in total. The Kier molecular flexibility index (Phi) is 2.84. The van der Waals surface area contributed by atoms with E-state index in [1.54, 1.807) is 17.2 Å². The molecule has 4 heteroatoms. The average molecular weight is 180 g/mol. The van der Waals surface area contributed by atoms with E-state index in [4.69, 9.17) is 4.52 Å². The van der Waals surface area contributed by atoms with Gasteiger partial charge in [-0.3, -0.25) is 4.79 Å². The maximum Gasteiger partial charge on any atom is 0.171 e. The van der Waals surface area contributed by atoms with Crippen molar-refractivity contribution in [2.24, 2.45) is 0 Å². The Hall–Kier alpha value is -1.58. The summed E-state index contributed by atoms with van der Waals surface area (Å²) in [6, 6.07) is 1.66. The van der Waals surface area contributed by atoms with Crippen molar-refractivity contribution in [3.05, 3.63) is 24.2 Å². The van der Waals surface area contributed by atoms with E-state index >= 15 is 0 Å². The van der Waals surface area contributed by atoms with Crippen LogP contribution in [0.3, 0.4) is 0 Å². The van der Waals surface area contributed by atoms with Crippen molar-refractivity contribution in [2.45, 2.75) is 6.92 Å². The van der Waals surface area contributed by atoms with Crippen LogP contribution in [0, 0.1) is 0 Å². The van der Waals surface area contributed by atoms with Crippen LogP contribution < -0.4 is 0 Å². The minimum Gasteiger partial charge on any atom is -0.383 e. The Morgan fingerprint density at radius 3 is 2.69 bits per heavy atom. The van der Waals surface area contributed by atoms with Gasteiger partial charge in [-0.05, 0) is 6.92 Å². The second kappa shape index (κ2) is 3.89. The fraction of sp³-hybridized carbons (Fsp3) is 0.333. The lowest BCUT2D eigenvalue weighted by Crippen LogP contribution is -2.06. The van der Waals surface area contributed by atoms with Gasteiger partial charge in [0.25, 0.3) is 0 Å². The second-order valence-corrected chi connectivity index (χ2v) is 2.94. The molecular formula is C9H12N2O2. The molecular weight excluding hydrogens is 168 g/mol. The molecule has 0 atom stereocenters. The maximum absolute atomic E-state index is 11.2. The highest BCUT2D eigenvalue weighted by molar-refractivity contribution is 6.18. The summed E-state index contributed by atoms with van der Waals surface area (Å²) in [5.74, 6) is 0.464. The van der Waals surface area contributed by atoms with E-state index in [1.165, 1.54) is 13.1 Å². The highest BCUT2D eigenvalue weighted by Crippen LogP contribution is 2.14. The van der Waals surface area contributed by atoms with Crippen molar-refractivity contribution in [2.75, 3.05) is 14.1 Å². The molecule has 1 aromatic rings. The second-order valence-electron chi connectivity index (χ2n) is 2.94. The fourth-order valence-electron chi connectivity index (χ4n) is 0.941. The van der Waals surface area contributed by atoms with E-state index in [2.05, 4.69) is 5.16 Å². The molecule has 0 bridgehead atoms. The lowest BCUT2D eigenvalue weighted by molar-refractivity contribution is -0.111. The van der Waals surface area contributed by atoms with Crippen molar-refractivity contribution in [1.82, 2.24) is 10.1 Å². The zero-order valence-corrected chi connectivity index (χ0v) is 7.94. The van der Waals surface area contributed by atoms with Crippen LogP contribution in [0.25, 0.3) is 5.57 Å². The SMILES string of the molecule is CC(=O)/C(=C\N(C)C)c1ccno1. The predicted octanol–water partition coefficient (Wildman–Crippen LogP) is 1.17. The van der Waals surface area contributed by atoms with Gasteiger partial charge < -0.3 is 9.42 Å². The monoisotopic (exact) mass is 180 g/mol. The van der Waals surface area contributed by atoms with Gasteiger partial charge in [0.15, 0.2) is 11.5 Å². The van der Waals surface area contributed by atoms with Gasteiger partial charge in [-0.15, -0.1) is 0 Å². The molecule has 0 amide bonds. The molecule has 0 aliphatic rings. The minimum atomic E-state index is -0.0366. The molecule has 0 fully saturated rings. The number of hydrogen-bond acceptors (Lipinski definition) is 4. The number of rotatable bonds is 3. The lowest BCUT2D eigenvalue weighted by Gasteiger charge is -2.06. The first-order chi connectivity index (χ1) is 6.11. The summed E-state index contributed by atoms with van der Waals surface area (Å²) in [7, 11) is 3.69. The third kappa shape index (κ3) is 2.43. The largest absolute Gasteiger partial charge is 0.383 e. The number of carbonyl (C=O) groups is 1. The molecule has 1 heterocycles. The van der Waals surface area contributed by atoms with Crippen LogP contribution in [0.15, 0.2) is 23.0 Å². The number of aromatic nitrogens is 1. The highest BCUT2D eigenvalue weighted by Gasteiger charge is 2.10. The van der Waals surface area contributed by atoms with Gasteiger partial charge in [0.1, 0.15) is 0 Å². The Morgan fingerprint density at radius 1 is 1.62 bits per heavy atom. The van der Waals surface area contributed by atoms with Crippen LogP contribution in [-0.2, 0) is 4.79 Å². The van der Waals surface area contributed by atoms with Crippen LogP contribution >= 0.6 is 0 Å². The maximum atomic E-state index is 11.2. The van der Waals surface area contributed by atoms with Crippen molar-refractivity contribution in [3.8, 4) is 0 Å². The summed E-state index contributed by atoms with van der Waals surface area (Å²) in [6.45, 7) is 1.50. The van der Waals surface area contributed by atoms with Gasteiger partial charge in [-0.1, -0.05) is 5.16 Å². The minimum absolute atomic E-state index is 0.0366. The van der Waals surface area contributed by atoms with Crippen LogP contribution in [0.1, 0.15) is 12.7 Å². The van der Waals surface area contributed by atoms with Gasteiger partial charge in [-0.2, -0.15) is 0 Å². The highest BCUT2D eigenvalue weighted by atomic mass is 16.5. The number of ketones is 1. The summed E-state index contributed by atoms with van der Waals surface area (Å²) in [5.41, 5.74) is 0.530. The average Bonchev–Trinajstić information content (AvgIpc) is 2.50. The van der Waals surface area contributed by atoms with Gasteiger partial charge in [0, 0.05) is 26.4 Å². The zero-order valence-electron chi connectivity index (χ0n) is 7.94. The molecule has 0 aliphatic heterocycles. The topological polar surface area (TPSA) is 46.3 Å². The fourth-order valence-corrected chi connectivity index (χ4v) is 0.941. The normalized spacial score (nSPS) is 11.5. The molecule has 0 unspecified atom stereocenters. The molecule has 0 N–H and O–H groups in total. The Morgan fingerprint density at radius 2 is 2.31 bits per heavy atom. The van der Waals surface area contributed by atoms with Crippen LogP contribution in [0.5, 0.6) is 0 Å². The van der Waals surface area contributed by atoms with Crippen LogP contribution in [0.4, 0.5) is 0 Å². The lowest BCUT2D eigenvalue weighted by atomic mass is 10.1.